The zero-order valence-corrected chi connectivity index (χ0v) is 10.7. The van der Waals surface area contributed by atoms with Crippen molar-refractivity contribution >= 4 is 22.5 Å². The van der Waals surface area contributed by atoms with Crippen LogP contribution < -0.4 is 0 Å². The molecule has 88 valence electrons. The van der Waals surface area contributed by atoms with Gasteiger partial charge in [0.2, 0.25) is 0 Å². The van der Waals surface area contributed by atoms with E-state index in [4.69, 9.17) is 11.6 Å². The van der Waals surface area contributed by atoms with Crippen LogP contribution in [0.1, 0.15) is 36.4 Å². The molecule has 1 aromatic carbocycles. The van der Waals surface area contributed by atoms with Crippen LogP contribution in [0.25, 0.3) is 10.9 Å². The Kier molecular flexibility index (Phi) is 2.79. The quantitative estimate of drug-likeness (QED) is 0.678. The van der Waals surface area contributed by atoms with E-state index in [0.29, 0.717) is 11.3 Å². The molecular formula is C15H16ClN. The Balaban J connectivity index is 2.04. The maximum absolute atomic E-state index is 6.37. The molecule has 2 atom stereocenters. The third-order valence-electron chi connectivity index (χ3n) is 3.71. The van der Waals surface area contributed by atoms with Crippen LogP contribution >= 0.6 is 11.6 Å². The van der Waals surface area contributed by atoms with E-state index in [1.807, 2.05) is 6.92 Å². The predicted octanol–water partition coefficient (Wildman–Crippen LogP) is 4.42. The first-order valence-corrected chi connectivity index (χ1v) is 6.69. The van der Waals surface area contributed by atoms with E-state index < -0.39 is 0 Å². The highest BCUT2D eigenvalue weighted by molar-refractivity contribution is 6.21. The van der Waals surface area contributed by atoms with Gasteiger partial charge in [-0.1, -0.05) is 18.6 Å². The average Bonchev–Trinajstić information content (AvgIpc) is 2.75. The van der Waals surface area contributed by atoms with Gasteiger partial charge in [-0.15, -0.1) is 11.6 Å². The minimum atomic E-state index is 0.311. The van der Waals surface area contributed by atoms with Crippen LogP contribution in [0.5, 0.6) is 0 Å². The smallest absolute Gasteiger partial charge is 0.0705 e. The molecule has 0 radical (unpaired) electrons. The monoisotopic (exact) mass is 245 g/mol. The number of hydrogen-bond donors (Lipinski definition) is 0. The molecule has 17 heavy (non-hydrogen) atoms. The molecule has 3 rings (SSSR count). The maximum Gasteiger partial charge on any atom is 0.0705 e. The summed E-state index contributed by atoms with van der Waals surface area (Å²) < 4.78 is 0. The summed E-state index contributed by atoms with van der Waals surface area (Å²) in [7, 11) is 0. The predicted molar refractivity (Wildman–Crippen MR) is 72.7 cm³/mol. The fourth-order valence-electron chi connectivity index (χ4n) is 2.77. The number of aromatic nitrogens is 1. The lowest BCUT2D eigenvalue weighted by Gasteiger charge is -2.14. The molecule has 1 fully saturated rings. The van der Waals surface area contributed by atoms with Crippen LogP contribution in [0.3, 0.4) is 0 Å². The minimum Gasteiger partial charge on any atom is -0.253 e. The van der Waals surface area contributed by atoms with Gasteiger partial charge in [-0.3, -0.25) is 4.98 Å². The lowest BCUT2D eigenvalue weighted by molar-refractivity contribution is 0.731. The molecule has 0 saturated heterocycles. The summed E-state index contributed by atoms with van der Waals surface area (Å²) in [6.07, 6.45) is 3.62. The molecule has 1 saturated carbocycles. The highest BCUT2D eigenvalue weighted by Crippen LogP contribution is 2.38. The summed E-state index contributed by atoms with van der Waals surface area (Å²) in [6, 6.07) is 10.8. The highest BCUT2D eigenvalue weighted by Gasteiger charge is 2.26. The standard InChI is InChI=1S/C15H16ClN/c1-10-5-6-12-9-11(7-8-15(12)17-10)13-3-2-4-14(13)16/h5-9,13-14H,2-4H2,1H3. The second-order valence-corrected chi connectivity index (χ2v) is 5.52. The van der Waals surface area contributed by atoms with Gasteiger partial charge in [-0.2, -0.15) is 0 Å². The second kappa shape index (κ2) is 4.30. The molecule has 0 amide bonds. The number of alkyl halides is 1. The second-order valence-electron chi connectivity index (χ2n) is 4.96. The molecule has 1 aromatic heterocycles. The molecule has 2 heteroatoms. The molecule has 0 aliphatic heterocycles. The Morgan fingerprint density at radius 3 is 2.82 bits per heavy atom. The first-order valence-electron chi connectivity index (χ1n) is 6.25. The van der Waals surface area contributed by atoms with Crippen molar-refractivity contribution < 1.29 is 0 Å². The van der Waals surface area contributed by atoms with Crippen LogP contribution in [0.2, 0.25) is 0 Å². The van der Waals surface area contributed by atoms with Gasteiger partial charge in [-0.05, 0) is 43.5 Å². The summed E-state index contributed by atoms with van der Waals surface area (Å²) in [6.45, 7) is 2.03. The van der Waals surface area contributed by atoms with E-state index in [1.165, 1.54) is 23.8 Å². The zero-order valence-electron chi connectivity index (χ0n) is 9.99. The third kappa shape index (κ3) is 2.04. The number of nitrogens with zero attached hydrogens (tertiary/aromatic N) is 1. The Morgan fingerprint density at radius 2 is 2.06 bits per heavy atom. The third-order valence-corrected chi connectivity index (χ3v) is 4.23. The minimum absolute atomic E-state index is 0.311. The van der Waals surface area contributed by atoms with Gasteiger partial charge in [0.05, 0.1) is 5.52 Å². The van der Waals surface area contributed by atoms with Crippen molar-refractivity contribution in [2.45, 2.75) is 37.5 Å². The summed E-state index contributed by atoms with van der Waals surface area (Å²) in [4.78, 5) is 4.53. The zero-order chi connectivity index (χ0) is 11.8. The topological polar surface area (TPSA) is 12.9 Å². The molecule has 1 nitrogen and oxygen atoms in total. The van der Waals surface area contributed by atoms with E-state index >= 15 is 0 Å². The number of benzene rings is 1. The SMILES string of the molecule is Cc1ccc2cc(C3CCCC3Cl)ccc2n1. The molecule has 2 aromatic rings. The Hall–Kier alpha value is -1.08. The van der Waals surface area contributed by atoms with Gasteiger partial charge in [-0.25, -0.2) is 0 Å². The first-order chi connectivity index (χ1) is 8.24. The van der Waals surface area contributed by atoms with Crippen LogP contribution in [0.4, 0.5) is 0 Å². The molecule has 1 aliphatic carbocycles. The molecule has 2 unspecified atom stereocenters. The van der Waals surface area contributed by atoms with Crippen LogP contribution in [0, 0.1) is 6.92 Å². The lowest BCUT2D eigenvalue weighted by Crippen LogP contribution is -2.04. The van der Waals surface area contributed by atoms with Crippen LogP contribution in [-0.2, 0) is 0 Å². The van der Waals surface area contributed by atoms with Gasteiger partial charge in [0, 0.05) is 22.4 Å². The molecule has 0 spiro atoms. The Morgan fingerprint density at radius 1 is 1.18 bits per heavy atom. The molecule has 1 aliphatic rings. The van der Waals surface area contributed by atoms with E-state index in [2.05, 4.69) is 35.3 Å². The molecule has 1 heterocycles. The van der Waals surface area contributed by atoms with Crippen LogP contribution in [-0.4, -0.2) is 10.4 Å². The van der Waals surface area contributed by atoms with E-state index in [1.54, 1.807) is 0 Å². The first kappa shape index (κ1) is 11.0. The number of halogens is 1. The normalized spacial score (nSPS) is 24.4. The highest BCUT2D eigenvalue weighted by atomic mass is 35.5. The van der Waals surface area contributed by atoms with Gasteiger partial charge < -0.3 is 0 Å². The van der Waals surface area contributed by atoms with Gasteiger partial charge >= 0.3 is 0 Å². The van der Waals surface area contributed by atoms with Crippen molar-refractivity contribution in [1.29, 1.82) is 0 Å². The van der Waals surface area contributed by atoms with Gasteiger partial charge in [0.15, 0.2) is 0 Å². The summed E-state index contributed by atoms with van der Waals surface area (Å²) in [5.41, 5.74) is 3.53. The average molecular weight is 246 g/mol. The van der Waals surface area contributed by atoms with Crippen molar-refractivity contribution in [1.82, 2.24) is 4.98 Å². The van der Waals surface area contributed by atoms with Crippen molar-refractivity contribution in [3.63, 3.8) is 0 Å². The number of aryl methyl sites for hydroxylation is 1. The van der Waals surface area contributed by atoms with Crippen molar-refractivity contribution in [2.24, 2.45) is 0 Å². The maximum atomic E-state index is 6.37. The number of fused-ring (bicyclic) bond motifs is 1. The number of rotatable bonds is 1. The van der Waals surface area contributed by atoms with Crippen molar-refractivity contribution in [3.05, 3.63) is 41.6 Å². The van der Waals surface area contributed by atoms with Crippen molar-refractivity contribution in [2.75, 3.05) is 0 Å². The summed E-state index contributed by atoms with van der Waals surface area (Å²) >= 11 is 6.37. The Labute approximate surface area is 107 Å². The molecule has 0 bridgehead atoms. The van der Waals surface area contributed by atoms with E-state index in [-0.39, 0.29) is 0 Å². The molecule has 0 N–H and O–H groups in total. The van der Waals surface area contributed by atoms with Crippen LogP contribution in [0.15, 0.2) is 30.3 Å². The summed E-state index contributed by atoms with van der Waals surface area (Å²) in [5, 5.41) is 1.54. The largest absolute Gasteiger partial charge is 0.253 e. The lowest BCUT2D eigenvalue weighted by atomic mass is 9.96. The van der Waals surface area contributed by atoms with Gasteiger partial charge in [0.25, 0.3) is 0 Å². The summed E-state index contributed by atoms with van der Waals surface area (Å²) in [5.74, 6) is 0.530. The van der Waals surface area contributed by atoms with E-state index in [9.17, 15) is 0 Å². The Bertz CT molecular complexity index is 550. The fourth-order valence-corrected chi connectivity index (χ4v) is 3.19. The number of hydrogen-bond acceptors (Lipinski definition) is 1. The molecular weight excluding hydrogens is 230 g/mol. The number of pyridine rings is 1. The van der Waals surface area contributed by atoms with Crippen molar-refractivity contribution in [3.8, 4) is 0 Å². The van der Waals surface area contributed by atoms with E-state index in [0.717, 1.165) is 17.6 Å². The fraction of sp³-hybridized carbons (Fsp3) is 0.400. The van der Waals surface area contributed by atoms with Gasteiger partial charge in [0.1, 0.15) is 0 Å².